The van der Waals surface area contributed by atoms with Crippen molar-refractivity contribution in [3.63, 3.8) is 0 Å². The third kappa shape index (κ3) is 3.60. The van der Waals surface area contributed by atoms with Gasteiger partial charge in [-0.15, -0.1) is 5.10 Å². The van der Waals surface area contributed by atoms with Gasteiger partial charge in [0, 0.05) is 12.1 Å². The van der Waals surface area contributed by atoms with Crippen LogP contribution >= 0.6 is 0 Å². The molecule has 0 spiro atoms. The van der Waals surface area contributed by atoms with E-state index in [0.29, 0.717) is 29.0 Å². The fourth-order valence-electron chi connectivity index (χ4n) is 2.90. The summed E-state index contributed by atoms with van der Waals surface area (Å²) in [6.45, 7) is 4.50. The van der Waals surface area contributed by atoms with Gasteiger partial charge in [0.05, 0.1) is 24.4 Å². The van der Waals surface area contributed by atoms with Crippen molar-refractivity contribution in [3.05, 3.63) is 88.5 Å². The van der Waals surface area contributed by atoms with Crippen LogP contribution in [0.2, 0.25) is 0 Å². The van der Waals surface area contributed by atoms with Crippen LogP contribution < -0.4 is 10.2 Å². The molecule has 0 radical (unpaired) electrons. The van der Waals surface area contributed by atoms with E-state index < -0.39 is 5.60 Å². The summed E-state index contributed by atoms with van der Waals surface area (Å²) < 4.78 is 13.3. The summed E-state index contributed by atoms with van der Waals surface area (Å²) in [5.41, 5.74) is 1.58. The molecule has 4 aromatic rings. The lowest BCUT2D eigenvalue weighted by molar-refractivity contribution is 0.104. The minimum absolute atomic E-state index is 0.0779. The molecule has 0 fully saturated rings. The maximum Gasteiger partial charge on any atom is 0.192 e. The molecule has 2 aromatic carbocycles. The van der Waals surface area contributed by atoms with Gasteiger partial charge in [-0.25, -0.2) is 4.68 Å². The third-order valence-electron chi connectivity index (χ3n) is 4.35. The number of fused-ring (bicyclic) bond motifs is 1. The third-order valence-corrected chi connectivity index (χ3v) is 4.35. The van der Waals surface area contributed by atoms with Gasteiger partial charge >= 0.3 is 0 Å². The quantitative estimate of drug-likeness (QED) is 0.541. The molecule has 0 unspecified atom stereocenters. The molecule has 0 aliphatic rings. The van der Waals surface area contributed by atoms with Gasteiger partial charge in [-0.3, -0.25) is 4.79 Å². The lowest BCUT2D eigenvalue weighted by Gasteiger charge is -2.24. The molecule has 2 aromatic heterocycles. The molecule has 136 valence electrons. The number of aromatic nitrogens is 3. The average molecular weight is 361 g/mol. The van der Waals surface area contributed by atoms with Gasteiger partial charge < -0.3 is 9.15 Å². The van der Waals surface area contributed by atoms with Crippen LogP contribution in [-0.2, 0) is 12.1 Å². The first-order valence-electron chi connectivity index (χ1n) is 8.66. The number of hydrogen-bond donors (Lipinski definition) is 0. The Morgan fingerprint density at radius 1 is 1.11 bits per heavy atom. The minimum Gasteiger partial charge on any atom is -0.481 e. The van der Waals surface area contributed by atoms with Gasteiger partial charge in [0.25, 0.3) is 0 Å². The van der Waals surface area contributed by atoms with Crippen molar-refractivity contribution in [2.24, 2.45) is 0 Å². The van der Waals surface area contributed by atoms with E-state index in [0.717, 1.165) is 5.56 Å². The van der Waals surface area contributed by atoms with Crippen molar-refractivity contribution in [1.82, 2.24) is 15.0 Å². The van der Waals surface area contributed by atoms with Crippen LogP contribution in [0.25, 0.3) is 11.0 Å². The Morgan fingerprint density at radius 3 is 2.74 bits per heavy atom. The van der Waals surface area contributed by atoms with E-state index in [4.69, 9.17) is 9.15 Å². The highest BCUT2D eigenvalue weighted by atomic mass is 16.5. The van der Waals surface area contributed by atoms with E-state index in [1.54, 1.807) is 22.9 Å². The summed E-state index contributed by atoms with van der Waals surface area (Å²) in [4.78, 5) is 11.8. The van der Waals surface area contributed by atoms with Crippen molar-refractivity contribution in [3.8, 4) is 5.75 Å². The van der Waals surface area contributed by atoms with Crippen molar-refractivity contribution in [2.45, 2.75) is 26.0 Å². The standard InChI is InChI=1S/C21H19N3O3/c1-21(2,20-14-24(23-22-20)13-15-6-4-3-5-7-15)27-16-8-9-17-18(25)10-11-26-19(17)12-16/h3-12,14H,13H2,1-2H3. The molecule has 0 bridgehead atoms. The van der Waals surface area contributed by atoms with E-state index in [9.17, 15) is 4.79 Å². The molecule has 0 aliphatic heterocycles. The van der Waals surface area contributed by atoms with Gasteiger partial charge in [0.15, 0.2) is 5.43 Å². The number of benzene rings is 2. The van der Waals surface area contributed by atoms with Crippen LogP contribution in [0.3, 0.4) is 0 Å². The summed E-state index contributed by atoms with van der Waals surface area (Å²) in [5.74, 6) is 0.597. The number of hydrogen-bond acceptors (Lipinski definition) is 5. The summed E-state index contributed by atoms with van der Waals surface area (Å²) in [7, 11) is 0. The highest BCUT2D eigenvalue weighted by molar-refractivity contribution is 5.77. The van der Waals surface area contributed by atoms with E-state index in [2.05, 4.69) is 10.3 Å². The Labute approximate surface area is 156 Å². The van der Waals surface area contributed by atoms with Crippen LogP contribution in [0, 0.1) is 0 Å². The fourth-order valence-corrected chi connectivity index (χ4v) is 2.90. The Balaban J connectivity index is 1.56. The predicted octanol–water partition coefficient (Wildman–Crippen LogP) is 3.75. The largest absolute Gasteiger partial charge is 0.481 e. The zero-order valence-corrected chi connectivity index (χ0v) is 15.1. The van der Waals surface area contributed by atoms with Gasteiger partial charge in [-0.1, -0.05) is 35.5 Å². The molecular formula is C21H19N3O3. The van der Waals surface area contributed by atoms with E-state index in [-0.39, 0.29) is 5.43 Å². The summed E-state index contributed by atoms with van der Waals surface area (Å²) in [5, 5.41) is 9.00. The normalized spacial score (nSPS) is 11.6. The molecule has 6 nitrogen and oxygen atoms in total. The van der Waals surface area contributed by atoms with E-state index >= 15 is 0 Å². The van der Waals surface area contributed by atoms with Gasteiger partial charge in [0.2, 0.25) is 0 Å². The molecular weight excluding hydrogens is 342 g/mol. The summed E-state index contributed by atoms with van der Waals surface area (Å²) >= 11 is 0. The molecule has 2 heterocycles. The molecule has 0 saturated carbocycles. The molecule has 0 aliphatic carbocycles. The first kappa shape index (κ1) is 17.0. The lowest BCUT2D eigenvalue weighted by Crippen LogP contribution is -2.25. The molecule has 4 rings (SSSR count). The summed E-state index contributed by atoms with van der Waals surface area (Å²) in [6, 6.07) is 16.7. The maximum absolute atomic E-state index is 11.8. The molecule has 0 atom stereocenters. The second-order valence-corrected chi connectivity index (χ2v) is 6.84. The number of ether oxygens (including phenoxy) is 1. The first-order chi connectivity index (χ1) is 13.0. The minimum atomic E-state index is -0.697. The monoisotopic (exact) mass is 361 g/mol. The molecule has 0 saturated heterocycles. The van der Waals surface area contributed by atoms with Crippen LogP contribution in [0.5, 0.6) is 5.75 Å². The molecule has 6 heteroatoms. The highest BCUT2D eigenvalue weighted by Gasteiger charge is 2.27. The fraction of sp³-hybridized carbons (Fsp3) is 0.190. The molecule has 27 heavy (non-hydrogen) atoms. The zero-order chi connectivity index (χ0) is 18.9. The smallest absolute Gasteiger partial charge is 0.192 e. The van der Waals surface area contributed by atoms with Crippen molar-refractivity contribution in [2.75, 3.05) is 0 Å². The second kappa shape index (κ2) is 6.72. The van der Waals surface area contributed by atoms with E-state index in [1.807, 2.05) is 50.4 Å². The summed E-state index contributed by atoms with van der Waals surface area (Å²) in [6.07, 6.45) is 3.27. The van der Waals surface area contributed by atoms with Gasteiger partial charge in [-0.2, -0.15) is 0 Å². The zero-order valence-electron chi connectivity index (χ0n) is 15.1. The first-order valence-corrected chi connectivity index (χ1v) is 8.66. The Bertz CT molecular complexity index is 1130. The maximum atomic E-state index is 11.8. The molecule has 0 N–H and O–H groups in total. The second-order valence-electron chi connectivity index (χ2n) is 6.84. The van der Waals surface area contributed by atoms with Crippen molar-refractivity contribution in [1.29, 1.82) is 0 Å². The number of rotatable bonds is 5. The Kier molecular flexibility index (Phi) is 4.24. The Morgan fingerprint density at radius 2 is 1.93 bits per heavy atom. The van der Waals surface area contributed by atoms with Gasteiger partial charge in [-0.05, 0) is 31.5 Å². The van der Waals surface area contributed by atoms with Crippen LogP contribution in [0.4, 0.5) is 0 Å². The van der Waals surface area contributed by atoms with Crippen molar-refractivity contribution < 1.29 is 9.15 Å². The predicted molar refractivity (Wildman–Crippen MR) is 102 cm³/mol. The highest BCUT2D eigenvalue weighted by Crippen LogP contribution is 2.28. The van der Waals surface area contributed by atoms with Crippen LogP contribution in [0.15, 0.2) is 76.3 Å². The molecule has 0 amide bonds. The van der Waals surface area contributed by atoms with Crippen LogP contribution in [0.1, 0.15) is 25.1 Å². The topological polar surface area (TPSA) is 70.2 Å². The SMILES string of the molecule is CC(C)(Oc1ccc2c(=O)ccoc2c1)c1cn(Cc2ccccc2)nn1. The van der Waals surface area contributed by atoms with Crippen LogP contribution in [-0.4, -0.2) is 15.0 Å². The van der Waals surface area contributed by atoms with Crippen molar-refractivity contribution >= 4 is 11.0 Å². The lowest BCUT2D eigenvalue weighted by atomic mass is 10.1. The number of nitrogens with zero attached hydrogens (tertiary/aromatic N) is 3. The average Bonchev–Trinajstić information content (AvgIpc) is 3.12. The van der Waals surface area contributed by atoms with E-state index in [1.165, 1.54) is 12.3 Å². The van der Waals surface area contributed by atoms with Gasteiger partial charge in [0.1, 0.15) is 22.6 Å². The Hall–Kier alpha value is -3.41.